The molecular formula is C14H28N2. The van der Waals surface area contributed by atoms with Crippen LogP contribution in [0.2, 0.25) is 0 Å². The number of nitrogens with zero attached hydrogens (tertiary/aromatic N) is 1. The van der Waals surface area contributed by atoms with Crippen molar-refractivity contribution in [1.29, 1.82) is 0 Å². The third kappa shape index (κ3) is 2.78. The fourth-order valence-corrected chi connectivity index (χ4v) is 3.13. The second kappa shape index (κ2) is 5.50. The minimum atomic E-state index is 0.738. The van der Waals surface area contributed by atoms with Crippen LogP contribution in [0, 0.1) is 11.8 Å². The Hall–Kier alpha value is -0.0800. The number of rotatable bonds is 5. The van der Waals surface area contributed by atoms with E-state index in [1.165, 1.54) is 45.3 Å². The van der Waals surface area contributed by atoms with Crippen LogP contribution in [0.1, 0.15) is 46.5 Å². The Morgan fingerprint density at radius 3 is 2.88 bits per heavy atom. The fourth-order valence-electron chi connectivity index (χ4n) is 3.13. The Labute approximate surface area is 101 Å². The molecule has 16 heavy (non-hydrogen) atoms. The molecule has 2 fully saturated rings. The van der Waals surface area contributed by atoms with Crippen LogP contribution >= 0.6 is 0 Å². The monoisotopic (exact) mass is 224 g/mol. The SMILES string of the molecule is CCCC1CC1N1CCNC(C(C)CC)C1. The summed E-state index contributed by atoms with van der Waals surface area (Å²) in [5, 5.41) is 3.69. The standard InChI is InChI=1S/C14H28N2/c1-4-6-12-9-14(12)16-8-7-15-13(10-16)11(3)5-2/h11-15H,4-10H2,1-3H3. The molecule has 4 atom stereocenters. The zero-order valence-electron chi connectivity index (χ0n) is 11.2. The zero-order valence-corrected chi connectivity index (χ0v) is 11.2. The van der Waals surface area contributed by atoms with Gasteiger partial charge >= 0.3 is 0 Å². The van der Waals surface area contributed by atoms with Crippen molar-refractivity contribution in [3.63, 3.8) is 0 Å². The molecule has 1 saturated heterocycles. The molecule has 1 aliphatic carbocycles. The van der Waals surface area contributed by atoms with Crippen LogP contribution in [0.5, 0.6) is 0 Å². The highest BCUT2D eigenvalue weighted by atomic mass is 15.2. The van der Waals surface area contributed by atoms with Gasteiger partial charge in [0.15, 0.2) is 0 Å². The zero-order chi connectivity index (χ0) is 11.5. The van der Waals surface area contributed by atoms with Crippen molar-refractivity contribution >= 4 is 0 Å². The summed E-state index contributed by atoms with van der Waals surface area (Å²) in [6.07, 6.45) is 5.58. The lowest BCUT2D eigenvalue weighted by Gasteiger charge is -2.37. The van der Waals surface area contributed by atoms with Gasteiger partial charge in [-0.1, -0.05) is 33.6 Å². The molecule has 1 heterocycles. The Morgan fingerprint density at radius 2 is 2.19 bits per heavy atom. The van der Waals surface area contributed by atoms with E-state index in [9.17, 15) is 0 Å². The van der Waals surface area contributed by atoms with Crippen LogP contribution in [-0.2, 0) is 0 Å². The van der Waals surface area contributed by atoms with Gasteiger partial charge in [-0.05, 0) is 24.7 Å². The third-order valence-electron chi connectivity index (χ3n) is 4.58. The van der Waals surface area contributed by atoms with Crippen LogP contribution < -0.4 is 5.32 Å². The third-order valence-corrected chi connectivity index (χ3v) is 4.58. The van der Waals surface area contributed by atoms with Crippen LogP contribution in [-0.4, -0.2) is 36.6 Å². The number of piperazine rings is 1. The van der Waals surface area contributed by atoms with Gasteiger partial charge in [0.1, 0.15) is 0 Å². The summed E-state index contributed by atoms with van der Waals surface area (Å²) >= 11 is 0. The van der Waals surface area contributed by atoms with Gasteiger partial charge in [-0.2, -0.15) is 0 Å². The summed E-state index contributed by atoms with van der Waals surface area (Å²) in [4.78, 5) is 2.76. The van der Waals surface area contributed by atoms with E-state index < -0.39 is 0 Å². The summed E-state index contributed by atoms with van der Waals surface area (Å²) in [5.41, 5.74) is 0. The molecule has 2 nitrogen and oxygen atoms in total. The number of hydrogen-bond acceptors (Lipinski definition) is 2. The van der Waals surface area contributed by atoms with Gasteiger partial charge < -0.3 is 5.32 Å². The minimum Gasteiger partial charge on any atom is -0.311 e. The van der Waals surface area contributed by atoms with Crippen molar-refractivity contribution < 1.29 is 0 Å². The van der Waals surface area contributed by atoms with Crippen LogP contribution in [0.3, 0.4) is 0 Å². The second-order valence-electron chi connectivity index (χ2n) is 5.79. The topological polar surface area (TPSA) is 15.3 Å². The smallest absolute Gasteiger partial charge is 0.0221 e. The van der Waals surface area contributed by atoms with Gasteiger partial charge in [-0.3, -0.25) is 4.90 Å². The van der Waals surface area contributed by atoms with Crippen molar-refractivity contribution in [3.05, 3.63) is 0 Å². The molecule has 0 aromatic rings. The van der Waals surface area contributed by atoms with E-state index >= 15 is 0 Å². The van der Waals surface area contributed by atoms with Gasteiger partial charge in [-0.15, -0.1) is 0 Å². The maximum absolute atomic E-state index is 3.69. The van der Waals surface area contributed by atoms with E-state index in [4.69, 9.17) is 0 Å². The highest BCUT2D eigenvalue weighted by molar-refractivity contribution is 4.97. The summed E-state index contributed by atoms with van der Waals surface area (Å²) < 4.78 is 0. The lowest BCUT2D eigenvalue weighted by atomic mass is 9.97. The Bertz CT molecular complexity index is 217. The molecule has 0 aromatic heterocycles. The maximum Gasteiger partial charge on any atom is 0.0221 e. The first-order valence-corrected chi connectivity index (χ1v) is 7.23. The number of hydrogen-bond donors (Lipinski definition) is 1. The van der Waals surface area contributed by atoms with Crippen molar-refractivity contribution in [2.24, 2.45) is 11.8 Å². The molecule has 0 aromatic carbocycles. The van der Waals surface area contributed by atoms with E-state index in [0.717, 1.165) is 23.9 Å². The molecule has 4 unspecified atom stereocenters. The molecule has 2 aliphatic rings. The molecule has 1 saturated carbocycles. The van der Waals surface area contributed by atoms with E-state index in [2.05, 4.69) is 31.0 Å². The second-order valence-corrected chi connectivity index (χ2v) is 5.79. The van der Waals surface area contributed by atoms with Crippen LogP contribution in [0.25, 0.3) is 0 Å². The molecule has 0 spiro atoms. The van der Waals surface area contributed by atoms with Crippen molar-refractivity contribution in [2.45, 2.75) is 58.5 Å². The first-order chi connectivity index (χ1) is 7.76. The molecule has 1 N–H and O–H groups in total. The average Bonchev–Trinajstić information content (AvgIpc) is 3.08. The van der Waals surface area contributed by atoms with Crippen molar-refractivity contribution in [1.82, 2.24) is 10.2 Å². The van der Waals surface area contributed by atoms with E-state index in [-0.39, 0.29) is 0 Å². The Balaban J connectivity index is 1.79. The van der Waals surface area contributed by atoms with Gasteiger partial charge in [0.2, 0.25) is 0 Å². The Morgan fingerprint density at radius 1 is 1.38 bits per heavy atom. The lowest BCUT2D eigenvalue weighted by Crippen LogP contribution is -2.54. The van der Waals surface area contributed by atoms with Crippen molar-refractivity contribution in [2.75, 3.05) is 19.6 Å². The maximum atomic E-state index is 3.69. The molecular weight excluding hydrogens is 196 g/mol. The highest BCUT2D eigenvalue weighted by Gasteiger charge is 2.42. The first-order valence-electron chi connectivity index (χ1n) is 7.23. The van der Waals surface area contributed by atoms with E-state index in [1.807, 2.05) is 0 Å². The van der Waals surface area contributed by atoms with E-state index in [0.29, 0.717) is 0 Å². The average molecular weight is 224 g/mol. The largest absolute Gasteiger partial charge is 0.311 e. The molecule has 2 heteroatoms. The van der Waals surface area contributed by atoms with Gasteiger partial charge in [0.05, 0.1) is 0 Å². The van der Waals surface area contributed by atoms with E-state index in [1.54, 1.807) is 0 Å². The Kier molecular flexibility index (Phi) is 4.26. The first kappa shape index (κ1) is 12.4. The lowest BCUT2D eigenvalue weighted by molar-refractivity contribution is 0.154. The molecule has 0 amide bonds. The predicted molar refractivity (Wildman–Crippen MR) is 69.6 cm³/mol. The van der Waals surface area contributed by atoms with Gasteiger partial charge in [0, 0.05) is 31.7 Å². The van der Waals surface area contributed by atoms with Crippen molar-refractivity contribution in [3.8, 4) is 0 Å². The fraction of sp³-hybridized carbons (Fsp3) is 1.00. The molecule has 0 bridgehead atoms. The molecule has 94 valence electrons. The molecule has 2 rings (SSSR count). The molecule has 1 aliphatic heterocycles. The summed E-state index contributed by atoms with van der Waals surface area (Å²) in [5.74, 6) is 1.85. The quantitative estimate of drug-likeness (QED) is 0.772. The van der Waals surface area contributed by atoms with Gasteiger partial charge in [0.25, 0.3) is 0 Å². The normalized spacial score (nSPS) is 37.3. The van der Waals surface area contributed by atoms with Gasteiger partial charge in [-0.25, -0.2) is 0 Å². The highest BCUT2D eigenvalue weighted by Crippen LogP contribution is 2.39. The summed E-state index contributed by atoms with van der Waals surface area (Å²) in [6.45, 7) is 10.8. The predicted octanol–water partition coefficient (Wildman–Crippen LogP) is 2.49. The van der Waals surface area contributed by atoms with Crippen LogP contribution in [0.15, 0.2) is 0 Å². The minimum absolute atomic E-state index is 0.738. The summed E-state index contributed by atoms with van der Waals surface area (Å²) in [6, 6.07) is 1.68. The summed E-state index contributed by atoms with van der Waals surface area (Å²) in [7, 11) is 0. The molecule has 0 radical (unpaired) electrons. The number of nitrogens with one attached hydrogen (secondary N) is 1. The van der Waals surface area contributed by atoms with Crippen LogP contribution in [0.4, 0.5) is 0 Å².